The summed E-state index contributed by atoms with van der Waals surface area (Å²) in [6, 6.07) is 3.94. The standard InChI is InChI=1S/C16H18N4O2S/c1-11-7-12-14(23-11)8-13-16(22)20(17-10-19(12)13)9-15(21)18-5-3-2-4-6-18/h7-8,10H,2-6,9H2,1H3. The van der Waals surface area contributed by atoms with Crippen LogP contribution in [0.25, 0.3) is 15.7 Å². The van der Waals surface area contributed by atoms with Gasteiger partial charge in [0.25, 0.3) is 5.56 Å². The molecule has 3 aromatic heterocycles. The van der Waals surface area contributed by atoms with E-state index in [0.717, 1.165) is 36.1 Å². The SMILES string of the molecule is Cc1cc2c(cc3c(=O)n(CC(=O)N4CCCCC4)ncn32)s1. The number of hydrogen-bond donors (Lipinski definition) is 0. The van der Waals surface area contributed by atoms with Gasteiger partial charge in [0.05, 0.1) is 10.2 Å². The highest BCUT2D eigenvalue weighted by molar-refractivity contribution is 7.19. The maximum Gasteiger partial charge on any atom is 0.291 e. The van der Waals surface area contributed by atoms with Crippen molar-refractivity contribution in [2.24, 2.45) is 0 Å². The molecular formula is C16H18N4O2S. The minimum Gasteiger partial charge on any atom is -0.341 e. The van der Waals surface area contributed by atoms with Gasteiger partial charge in [-0.05, 0) is 38.3 Å². The quantitative estimate of drug-likeness (QED) is 0.722. The molecule has 0 aromatic carbocycles. The molecule has 4 rings (SSSR count). The van der Waals surface area contributed by atoms with E-state index in [2.05, 4.69) is 11.2 Å². The fourth-order valence-corrected chi connectivity index (χ4v) is 4.16. The van der Waals surface area contributed by atoms with E-state index in [1.165, 1.54) is 16.0 Å². The second kappa shape index (κ2) is 5.49. The van der Waals surface area contributed by atoms with Crippen LogP contribution < -0.4 is 5.56 Å². The first kappa shape index (κ1) is 14.4. The summed E-state index contributed by atoms with van der Waals surface area (Å²) in [6.07, 6.45) is 4.89. The third-order valence-corrected chi connectivity index (χ3v) is 5.39. The number of hydrogen-bond acceptors (Lipinski definition) is 4. The van der Waals surface area contributed by atoms with Crippen LogP contribution in [0.3, 0.4) is 0 Å². The molecule has 1 aliphatic heterocycles. The average Bonchev–Trinajstić information content (AvgIpc) is 3.07. The average molecular weight is 330 g/mol. The summed E-state index contributed by atoms with van der Waals surface area (Å²) in [5.74, 6) is -0.0205. The number of aromatic nitrogens is 3. The van der Waals surface area contributed by atoms with E-state index in [1.807, 2.05) is 22.3 Å². The minimum absolute atomic E-state index is 0.0205. The van der Waals surface area contributed by atoms with Crippen molar-refractivity contribution in [1.82, 2.24) is 19.1 Å². The van der Waals surface area contributed by atoms with Crippen LogP contribution in [0.5, 0.6) is 0 Å². The molecule has 0 unspecified atom stereocenters. The monoisotopic (exact) mass is 330 g/mol. The smallest absolute Gasteiger partial charge is 0.291 e. The summed E-state index contributed by atoms with van der Waals surface area (Å²) in [5, 5.41) is 4.20. The van der Waals surface area contributed by atoms with E-state index in [0.29, 0.717) is 5.52 Å². The van der Waals surface area contributed by atoms with Crippen molar-refractivity contribution in [3.05, 3.63) is 33.7 Å². The van der Waals surface area contributed by atoms with Crippen molar-refractivity contribution in [3.8, 4) is 0 Å². The Hall–Kier alpha value is -2.15. The summed E-state index contributed by atoms with van der Waals surface area (Å²) in [5.41, 5.74) is 1.37. The third kappa shape index (κ3) is 2.45. The Labute approximate surface area is 136 Å². The third-order valence-electron chi connectivity index (χ3n) is 4.40. The normalized spacial score (nSPS) is 15.6. The molecule has 0 aliphatic carbocycles. The molecular weight excluding hydrogens is 312 g/mol. The maximum atomic E-state index is 12.6. The van der Waals surface area contributed by atoms with E-state index in [4.69, 9.17) is 0 Å². The molecule has 0 atom stereocenters. The van der Waals surface area contributed by atoms with Gasteiger partial charge in [0.15, 0.2) is 0 Å². The molecule has 0 radical (unpaired) electrons. The van der Waals surface area contributed by atoms with Crippen LogP contribution in [-0.2, 0) is 11.3 Å². The van der Waals surface area contributed by atoms with Crippen LogP contribution in [-0.4, -0.2) is 38.1 Å². The summed E-state index contributed by atoms with van der Waals surface area (Å²) >= 11 is 1.66. The van der Waals surface area contributed by atoms with Gasteiger partial charge in [0.2, 0.25) is 5.91 Å². The molecule has 1 fully saturated rings. The van der Waals surface area contributed by atoms with Gasteiger partial charge in [-0.1, -0.05) is 0 Å². The van der Waals surface area contributed by atoms with E-state index in [1.54, 1.807) is 17.7 Å². The van der Waals surface area contributed by atoms with Crippen molar-refractivity contribution < 1.29 is 4.79 Å². The Bertz CT molecular complexity index is 946. The number of carbonyl (C=O) groups excluding carboxylic acids is 1. The van der Waals surface area contributed by atoms with Gasteiger partial charge in [0.1, 0.15) is 18.4 Å². The number of rotatable bonds is 2. The molecule has 7 heteroatoms. The van der Waals surface area contributed by atoms with Gasteiger partial charge < -0.3 is 4.90 Å². The van der Waals surface area contributed by atoms with Crippen molar-refractivity contribution >= 4 is 33.0 Å². The Kier molecular flexibility index (Phi) is 3.45. The lowest BCUT2D eigenvalue weighted by Crippen LogP contribution is -2.40. The van der Waals surface area contributed by atoms with Crippen molar-refractivity contribution in [2.75, 3.05) is 13.1 Å². The number of carbonyl (C=O) groups is 1. The van der Waals surface area contributed by atoms with Crippen LogP contribution in [0.1, 0.15) is 24.1 Å². The van der Waals surface area contributed by atoms with E-state index in [9.17, 15) is 9.59 Å². The molecule has 1 amide bonds. The van der Waals surface area contributed by atoms with Gasteiger partial charge in [-0.3, -0.25) is 14.0 Å². The zero-order chi connectivity index (χ0) is 16.0. The van der Waals surface area contributed by atoms with E-state index in [-0.39, 0.29) is 18.0 Å². The van der Waals surface area contributed by atoms with Crippen LogP contribution in [0.2, 0.25) is 0 Å². The molecule has 0 spiro atoms. The molecule has 4 heterocycles. The first-order chi connectivity index (χ1) is 11.1. The summed E-state index contributed by atoms with van der Waals surface area (Å²) in [7, 11) is 0. The predicted molar refractivity (Wildman–Crippen MR) is 90.0 cm³/mol. The topological polar surface area (TPSA) is 59.6 Å². The highest BCUT2D eigenvalue weighted by Gasteiger charge is 2.18. The number of fused-ring (bicyclic) bond motifs is 3. The van der Waals surface area contributed by atoms with Gasteiger partial charge in [-0.2, -0.15) is 5.10 Å². The highest BCUT2D eigenvalue weighted by Crippen LogP contribution is 2.26. The molecule has 0 bridgehead atoms. The number of piperidine rings is 1. The second-order valence-corrected chi connectivity index (χ2v) is 7.33. The fourth-order valence-electron chi connectivity index (χ4n) is 3.21. The first-order valence-corrected chi connectivity index (χ1v) is 8.70. The van der Waals surface area contributed by atoms with Crippen molar-refractivity contribution in [1.29, 1.82) is 0 Å². The molecule has 0 N–H and O–H groups in total. The fraction of sp³-hybridized carbons (Fsp3) is 0.438. The van der Waals surface area contributed by atoms with Crippen LogP contribution in [0.15, 0.2) is 23.3 Å². The molecule has 6 nitrogen and oxygen atoms in total. The number of thiophene rings is 1. The van der Waals surface area contributed by atoms with Crippen LogP contribution in [0, 0.1) is 6.92 Å². The van der Waals surface area contributed by atoms with Crippen LogP contribution in [0.4, 0.5) is 0 Å². The molecule has 120 valence electrons. The lowest BCUT2D eigenvalue weighted by molar-refractivity contribution is -0.133. The Morgan fingerprint density at radius 2 is 2.00 bits per heavy atom. The predicted octanol–water partition coefficient (Wildman–Crippen LogP) is 2.03. The molecule has 0 saturated carbocycles. The van der Waals surface area contributed by atoms with Gasteiger partial charge in [0, 0.05) is 18.0 Å². The number of likely N-dealkylation sites (tertiary alicyclic amines) is 1. The number of amides is 1. The lowest BCUT2D eigenvalue weighted by atomic mass is 10.1. The lowest BCUT2D eigenvalue weighted by Gasteiger charge is -2.26. The summed E-state index contributed by atoms with van der Waals surface area (Å²) < 4.78 is 4.16. The van der Waals surface area contributed by atoms with Gasteiger partial charge >= 0.3 is 0 Å². The Morgan fingerprint density at radius 3 is 2.78 bits per heavy atom. The van der Waals surface area contributed by atoms with E-state index < -0.39 is 0 Å². The summed E-state index contributed by atoms with van der Waals surface area (Å²) in [6.45, 7) is 3.64. The van der Waals surface area contributed by atoms with Gasteiger partial charge in [-0.25, -0.2) is 4.68 Å². The van der Waals surface area contributed by atoms with E-state index >= 15 is 0 Å². The highest BCUT2D eigenvalue weighted by atomic mass is 32.1. The molecule has 1 aliphatic rings. The second-order valence-electron chi connectivity index (χ2n) is 6.04. The Balaban J connectivity index is 1.69. The number of aryl methyl sites for hydroxylation is 1. The zero-order valence-electron chi connectivity index (χ0n) is 13.0. The molecule has 3 aromatic rings. The minimum atomic E-state index is -0.209. The van der Waals surface area contributed by atoms with Crippen LogP contribution >= 0.6 is 11.3 Å². The zero-order valence-corrected chi connectivity index (χ0v) is 13.8. The maximum absolute atomic E-state index is 12.6. The largest absolute Gasteiger partial charge is 0.341 e. The first-order valence-electron chi connectivity index (χ1n) is 7.88. The summed E-state index contributed by atoms with van der Waals surface area (Å²) in [4.78, 5) is 28.0. The van der Waals surface area contributed by atoms with Crippen molar-refractivity contribution in [2.45, 2.75) is 32.7 Å². The molecule has 23 heavy (non-hydrogen) atoms. The van der Waals surface area contributed by atoms with Gasteiger partial charge in [-0.15, -0.1) is 11.3 Å². The molecule has 1 saturated heterocycles. The Morgan fingerprint density at radius 1 is 1.22 bits per heavy atom. The van der Waals surface area contributed by atoms with Crippen molar-refractivity contribution in [3.63, 3.8) is 0 Å². The number of nitrogens with zero attached hydrogens (tertiary/aromatic N) is 4.